The van der Waals surface area contributed by atoms with Crippen molar-refractivity contribution >= 4 is 11.5 Å². The zero-order valence-electron chi connectivity index (χ0n) is 20.8. The first kappa shape index (κ1) is 24.8. The average Bonchev–Trinajstić information content (AvgIpc) is 3.35. The predicted molar refractivity (Wildman–Crippen MR) is 130 cm³/mol. The van der Waals surface area contributed by atoms with Crippen LogP contribution in [0.15, 0.2) is 24.3 Å². The first-order valence-corrected chi connectivity index (χ1v) is 12.7. The molecule has 2 atom stereocenters. The van der Waals surface area contributed by atoms with Crippen LogP contribution in [0.3, 0.4) is 0 Å². The Morgan fingerprint density at radius 1 is 1.06 bits per heavy atom. The van der Waals surface area contributed by atoms with Gasteiger partial charge in [-0.15, -0.1) is 0 Å². The van der Waals surface area contributed by atoms with E-state index in [9.17, 15) is 9.90 Å². The molecule has 1 aromatic carbocycles. The Bertz CT molecular complexity index is 840. The van der Waals surface area contributed by atoms with Gasteiger partial charge in [-0.25, -0.2) is 0 Å². The van der Waals surface area contributed by atoms with Crippen molar-refractivity contribution in [2.45, 2.75) is 122 Å². The van der Waals surface area contributed by atoms with Gasteiger partial charge in [0.25, 0.3) is 0 Å². The number of carbonyl (C=O) groups is 1. The van der Waals surface area contributed by atoms with Crippen LogP contribution < -0.4 is 4.74 Å². The minimum atomic E-state index is -1.42. The summed E-state index contributed by atoms with van der Waals surface area (Å²) in [4.78, 5) is 12.4. The number of esters is 1. The molecule has 0 aromatic heterocycles. The van der Waals surface area contributed by atoms with Gasteiger partial charge < -0.3 is 14.6 Å². The third kappa shape index (κ3) is 5.22. The molecular formula is C28H42O4. The van der Waals surface area contributed by atoms with E-state index in [1.54, 1.807) is 0 Å². The van der Waals surface area contributed by atoms with Crippen LogP contribution >= 0.6 is 0 Å². The summed E-state index contributed by atoms with van der Waals surface area (Å²) in [5.41, 5.74) is 2.54. The molecule has 1 N–H and O–H groups in total. The minimum Gasteiger partial charge on any atom is -0.483 e. The molecule has 4 heteroatoms. The van der Waals surface area contributed by atoms with Gasteiger partial charge in [0.2, 0.25) is 5.79 Å². The monoisotopic (exact) mass is 442 g/mol. The second kappa shape index (κ2) is 9.99. The van der Waals surface area contributed by atoms with E-state index < -0.39 is 11.2 Å². The molecule has 0 radical (unpaired) electrons. The fourth-order valence-electron chi connectivity index (χ4n) is 5.10. The molecule has 1 fully saturated rings. The number of unbranched alkanes of at least 4 members (excludes halogenated alkanes) is 5. The van der Waals surface area contributed by atoms with Crippen LogP contribution in [-0.2, 0) is 14.9 Å². The van der Waals surface area contributed by atoms with Gasteiger partial charge in [-0.2, -0.15) is 0 Å². The standard InChI is InChI=1S/C28H42O4/c1-6-9-11-12-13-15-25(29)32-28(30)20-27(28,8-3)22-16-17-23-21(14-10-7-2)19-26(4,5)31-24(23)18-22/h16-19,30H,6-15,20H2,1-5H3/t27-,28?/m1/s1. The van der Waals surface area contributed by atoms with Crippen molar-refractivity contribution in [3.8, 4) is 5.75 Å². The second-order valence-corrected chi connectivity index (χ2v) is 10.2. The maximum absolute atomic E-state index is 12.4. The summed E-state index contributed by atoms with van der Waals surface area (Å²) < 4.78 is 11.9. The van der Waals surface area contributed by atoms with E-state index in [2.05, 4.69) is 52.0 Å². The Hall–Kier alpha value is -1.81. The number of aliphatic hydroxyl groups is 1. The van der Waals surface area contributed by atoms with E-state index in [-0.39, 0.29) is 11.6 Å². The quantitative estimate of drug-likeness (QED) is 0.213. The molecule has 1 unspecified atom stereocenters. The van der Waals surface area contributed by atoms with E-state index in [1.807, 2.05) is 6.92 Å². The number of benzene rings is 1. The zero-order valence-corrected chi connectivity index (χ0v) is 20.8. The van der Waals surface area contributed by atoms with Crippen LogP contribution in [0.1, 0.15) is 116 Å². The Kier molecular flexibility index (Phi) is 7.75. The number of rotatable bonds is 12. The van der Waals surface area contributed by atoms with Crippen LogP contribution in [-0.4, -0.2) is 22.5 Å². The van der Waals surface area contributed by atoms with Gasteiger partial charge in [0.05, 0.1) is 5.41 Å². The SMILES string of the molecule is CCCCCCCC(=O)OC1(O)C[C@]1(CC)c1ccc2c(c1)OC(C)(C)C=C2CCCC. The molecule has 1 aliphatic carbocycles. The van der Waals surface area contributed by atoms with Gasteiger partial charge >= 0.3 is 5.97 Å². The van der Waals surface area contributed by atoms with Gasteiger partial charge in [-0.3, -0.25) is 4.79 Å². The van der Waals surface area contributed by atoms with Crippen LogP contribution in [0.25, 0.3) is 5.57 Å². The molecule has 1 saturated carbocycles. The van der Waals surface area contributed by atoms with Crippen molar-refractivity contribution < 1.29 is 19.4 Å². The van der Waals surface area contributed by atoms with Crippen molar-refractivity contribution in [3.05, 3.63) is 35.4 Å². The fourth-order valence-corrected chi connectivity index (χ4v) is 5.10. The molecule has 1 heterocycles. The Balaban J connectivity index is 1.73. The van der Waals surface area contributed by atoms with Crippen LogP contribution in [0, 0.1) is 0 Å². The number of fused-ring (bicyclic) bond motifs is 1. The molecule has 2 aliphatic rings. The fraction of sp³-hybridized carbons (Fsp3) is 0.679. The number of ether oxygens (including phenoxy) is 2. The van der Waals surface area contributed by atoms with Gasteiger partial charge in [0.1, 0.15) is 11.4 Å². The van der Waals surface area contributed by atoms with E-state index in [0.717, 1.165) is 55.4 Å². The Morgan fingerprint density at radius 2 is 1.78 bits per heavy atom. The minimum absolute atomic E-state index is 0.292. The van der Waals surface area contributed by atoms with E-state index in [4.69, 9.17) is 9.47 Å². The van der Waals surface area contributed by atoms with Gasteiger partial charge in [-0.1, -0.05) is 65.0 Å². The molecule has 178 valence electrons. The molecule has 0 saturated heterocycles. The van der Waals surface area contributed by atoms with Crippen molar-refractivity contribution in [2.24, 2.45) is 0 Å². The first-order chi connectivity index (χ1) is 15.2. The van der Waals surface area contributed by atoms with Crippen LogP contribution in [0.5, 0.6) is 5.75 Å². The Labute approximate surface area is 194 Å². The lowest BCUT2D eigenvalue weighted by Crippen LogP contribution is -2.31. The first-order valence-electron chi connectivity index (χ1n) is 12.7. The van der Waals surface area contributed by atoms with E-state index in [1.165, 1.54) is 18.4 Å². The lowest BCUT2D eigenvalue weighted by atomic mass is 9.86. The molecule has 32 heavy (non-hydrogen) atoms. The summed E-state index contributed by atoms with van der Waals surface area (Å²) in [6, 6.07) is 6.27. The summed E-state index contributed by atoms with van der Waals surface area (Å²) >= 11 is 0. The summed E-state index contributed by atoms with van der Waals surface area (Å²) in [7, 11) is 0. The smallest absolute Gasteiger partial charge is 0.308 e. The molecule has 4 nitrogen and oxygen atoms in total. The lowest BCUT2D eigenvalue weighted by Gasteiger charge is -2.32. The Morgan fingerprint density at radius 3 is 2.47 bits per heavy atom. The van der Waals surface area contributed by atoms with Crippen molar-refractivity contribution in [1.82, 2.24) is 0 Å². The number of allylic oxidation sites excluding steroid dienone is 1. The molecule has 1 aromatic rings. The third-order valence-electron chi connectivity index (χ3n) is 7.11. The number of carbonyl (C=O) groups excluding carboxylic acids is 1. The molecule has 1 aliphatic heterocycles. The van der Waals surface area contributed by atoms with Crippen molar-refractivity contribution in [1.29, 1.82) is 0 Å². The maximum Gasteiger partial charge on any atom is 0.308 e. The molecular weight excluding hydrogens is 400 g/mol. The van der Waals surface area contributed by atoms with Gasteiger partial charge in [-0.05, 0) is 62.8 Å². The molecule has 0 bridgehead atoms. The third-order valence-corrected chi connectivity index (χ3v) is 7.11. The van der Waals surface area contributed by atoms with Crippen LogP contribution in [0.2, 0.25) is 0 Å². The number of hydrogen-bond acceptors (Lipinski definition) is 4. The van der Waals surface area contributed by atoms with Gasteiger partial charge in [0, 0.05) is 18.4 Å². The predicted octanol–water partition coefficient (Wildman–Crippen LogP) is 7.08. The van der Waals surface area contributed by atoms with E-state index >= 15 is 0 Å². The van der Waals surface area contributed by atoms with E-state index in [0.29, 0.717) is 19.3 Å². The second-order valence-electron chi connectivity index (χ2n) is 10.2. The summed E-state index contributed by atoms with van der Waals surface area (Å²) in [5, 5.41) is 11.2. The van der Waals surface area contributed by atoms with Crippen molar-refractivity contribution in [3.63, 3.8) is 0 Å². The largest absolute Gasteiger partial charge is 0.483 e. The van der Waals surface area contributed by atoms with Crippen LogP contribution in [0.4, 0.5) is 0 Å². The summed E-state index contributed by atoms with van der Waals surface area (Å²) in [6.07, 6.45) is 12.5. The average molecular weight is 443 g/mol. The molecule has 0 amide bonds. The lowest BCUT2D eigenvalue weighted by molar-refractivity contribution is -0.180. The number of hydrogen-bond donors (Lipinski definition) is 1. The highest BCUT2D eigenvalue weighted by molar-refractivity contribution is 5.74. The zero-order chi connectivity index (χ0) is 23.4. The highest BCUT2D eigenvalue weighted by Crippen LogP contribution is 2.61. The van der Waals surface area contributed by atoms with Crippen molar-refractivity contribution in [2.75, 3.05) is 0 Å². The molecule has 3 rings (SSSR count). The summed E-state index contributed by atoms with van der Waals surface area (Å²) in [5.74, 6) is -0.841. The topological polar surface area (TPSA) is 55.8 Å². The molecule has 0 spiro atoms. The highest BCUT2D eigenvalue weighted by atomic mass is 16.7. The highest BCUT2D eigenvalue weighted by Gasteiger charge is 2.70. The normalized spacial score (nSPS) is 25.5. The van der Waals surface area contributed by atoms with Gasteiger partial charge in [0.15, 0.2) is 0 Å². The maximum atomic E-state index is 12.4. The summed E-state index contributed by atoms with van der Waals surface area (Å²) in [6.45, 7) is 10.6.